The van der Waals surface area contributed by atoms with E-state index in [4.69, 9.17) is 23.7 Å². The quantitative estimate of drug-likeness (QED) is 0.797. The zero-order valence-corrected chi connectivity index (χ0v) is 12.4. The first-order chi connectivity index (χ1) is 10.1. The molecule has 21 heavy (non-hydrogen) atoms. The Bertz CT molecular complexity index is 553. The number of carbonyl (C=O) groups excluding carboxylic acids is 1. The molecule has 7 heteroatoms. The van der Waals surface area contributed by atoms with Crippen molar-refractivity contribution in [1.82, 2.24) is 0 Å². The van der Waals surface area contributed by atoms with Crippen molar-refractivity contribution in [2.45, 2.75) is 19.5 Å². The topological polar surface area (TPSA) is 83.5 Å². The maximum Gasteiger partial charge on any atom is 0.345 e. The lowest BCUT2D eigenvalue weighted by Gasteiger charge is -2.18. The van der Waals surface area contributed by atoms with Crippen LogP contribution in [0.15, 0.2) is 0 Å². The van der Waals surface area contributed by atoms with E-state index in [1.54, 1.807) is 0 Å². The summed E-state index contributed by atoms with van der Waals surface area (Å²) in [4.78, 5) is 12.1. The number of methoxy groups -OCH3 is 4. The number of benzene rings is 1. The number of aromatic hydroxyl groups is 1. The van der Waals surface area contributed by atoms with Crippen LogP contribution in [-0.2, 0) is 32.2 Å². The van der Waals surface area contributed by atoms with E-state index in [-0.39, 0.29) is 30.3 Å². The lowest BCUT2D eigenvalue weighted by Crippen LogP contribution is -2.08. The zero-order valence-electron chi connectivity index (χ0n) is 12.4. The van der Waals surface area contributed by atoms with Crippen molar-refractivity contribution in [1.29, 1.82) is 0 Å². The van der Waals surface area contributed by atoms with E-state index in [1.165, 1.54) is 28.4 Å². The molecule has 1 atom stereocenters. The Labute approximate surface area is 122 Å². The summed E-state index contributed by atoms with van der Waals surface area (Å²) in [5, 5.41) is 10.5. The largest absolute Gasteiger partial charge is 0.507 e. The molecule has 1 aliphatic heterocycles. The highest BCUT2D eigenvalue weighted by atomic mass is 16.7. The van der Waals surface area contributed by atoms with Crippen molar-refractivity contribution in [3.05, 3.63) is 22.3 Å². The van der Waals surface area contributed by atoms with Gasteiger partial charge in [0.05, 0.1) is 25.9 Å². The number of phenols is 1. The van der Waals surface area contributed by atoms with Crippen molar-refractivity contribution in [3.63, 3.8) is 0 Å². The van der Waals surface area contributed by atoms with Gasteiger partial charge >= 0.3 is 5.97 Å². The molecule has 0 fully saturated rings. The fourth-order valence-corrected chi connectivity index (χ4v) is 2.48. The smallest absolute Gasteiger partial charge is 0.345 e. The number of rotatable bonds is 6. The highest BCUT2D eigenvalue weighted by molar-refractivity contribution is 5.98. The van der Waals surface area contributed by atoms with Crippen molar-refractivity contribution >= 4 is 5.97 Å². The fourth-order valence-electron chi connectivity index (χ4n) is 2.48. The Kier molecular flexibility index (Phi) is 4.66. The second kappa shape index (κ2) is 6.30. The summed E-state index contributed by atoms with van der Waals surface area (Å²) in [7, 11) is 5.80. The molecular formula is C14H18O7. The molecule has 1 N–H and O–H groups in total. The number of carbonyl (C=O) groups is 1. The molecule has 0 aromatic heterocycles. The molecule has 0 radical (unpaired) electrons. The lowest BCUT2D eigenvalue weighted by molar-refractivity contribution is -0.0824. The van der Waals surface area contributed by atoms with Crippen LogP contribution in [0.2, 0.25) is 0 Å². The minimum Gasteiger partial charge on any atom is -0.507 e. The molecule has 0 spiro atoms. The molecule has 1 aliphatic rings. The third-order valence-corrected chi connectivity index (χ3v) is 3.32. The van der Waals surface area contributed by atoms with Crippen molar-refractivity contribution in [2.75, 3.05) is 28.4 Å². The predicted octanol–water partition coefficient (Wildman–Crippen LogP) is 1.51. The van der Waals surface area contributed by atoms with E-state index in [1.807, 2.05) is 0 Å². The van der Waals surface area contributed by atoms with Gasteiger partial charge in [-0.25, -0.2) is 4.79 Å². The second-order valence-electron chi connectivity index (χ2n) is 4.47. The molecular weight excluding hydrogens is 280 g/mol. The molecule has 1 heterocycles. The minimum atomic E-state index is -0.894. The van der Waals surface area contributed by atoms with Crippen molar-refractivity contribution in [3.8, 4) is 11.5 Å². The lowest BCUT2D eigenvalue weighted by atomic mass is 9.96. The van der Waals surface area contributed by atoms with E-state index in [9.17, 15) is 9.90 Å². The Morgan fingerprint density at radius 2 is 1.71 bits per heavy atom. The van der Waals surface area contributed by atoms with Crippen molar-refractivity contribution < 1.29 is 33.6 Å². The van der Waals surface area contributed by atoms with Gasteiger partial charge in [0.2, 0.25) is 6.29 Å². The summed E-state index contributed by atoms with van der Waals surface area (Å²) >= 11 is 0. The van der Waals surface area contributed by atoms with Gasteiger partial charge in [0.1, 0.15) is 17.1 Å². The van der Waals surface area contributed by atoms with Gasteiger partial charge < -0.3 is 28.8 Å². The Morgan fingerprint density at radius 1 is 1.10 bits per heavy atom. The normalized spacial score (nSPS) is 16.8. The molecule has 0 bridgehead atoms. The van der Waals surface area contributed by atoms with Crippen LogP contribution in [0.3, 0.4) is 0 Å². The van der Waals surface area contributed by atoms with E-state index < -0.39 is 12.3 Å². The predicted molar refractivity (Wildman–Crippen MR) is 71.3 cm³/mol. The average Bonchev–Trinajstić information content (AvgIpc) is 2.81. The summed E-state index contributed by atoms with van der Waals surface area (Å²) < 4.78 is 25.8. The molecule has 0 saturated heterocycles. The van der Waals surface area contributed by atoms with Crippen LogP contribution in [0.1, 0.15) is 33.3 Å². The summed E-state index contributed by atoms with van der Waals surface area (Å²) in [6, 6.07) is 0. The fraction of sp³-hybridized carbons (Fsp3) is 0.500. The minimum absolute atomic E-state index is 0.0466. The van der Waals surface area contributed by atoms with Crippen LogP contribution in [0.5, 0.6) is 11.5 Å². The number of fused-ring (bicyclic) bond motifs is 1. The van der Waals surface area contributed by atoms with Gasteiger partial charge in [-0.3, -0.25) is 0 Å². The number of ether oxygens (including phenoxy) is 5. The van der Waals surface area contributed by atoms with Gasteiger partial charge in [0, 0.05) is 32.5 Å². The van der Waals surface area contributed by atoms with Gasteiger partial charge in [0.15, 0.2) is 0 Å². The molecule has 1 aromatic rings. The number of cyclic esters (lactones) is 1. The van der Waals surface area contributed by atoms with Crippen LogP contribution >= 0.6 is 0 Å². The average molecular weight is 298 g/mol. The second-order valence-corrected chi connectivity index (χ2v) is 4.47. The first-order valence-electron chi connectivity index (χ1n) is 6.26. The standard InChI is InChI=1S/C14H18O7/c1-17-5-7-9-10(13(16)21-14(9)20-4)12(19-3)8(6-18-2)11(7)15/h14-15H,5-6H2,1-4H3/t14-/m0/s1. The first-order valence-corrected chi connectivity index (χ1v) is 6.26. The maximum atomic E-state index is 12.1. The van der Waals surface area contributed by atoms with Crippen LogP contribution in [-0.4, -0.2) is 39.5 Å². The number of hydrogen-bond donors (Lipinski definition) is 1. The van der Waals surface area contributed by atoms with E-state index >= 15 is 0 Å². The molecule has 0 aliphatic carbocycles. The maximum absolute atomic E-state index is 12.1. The molecule has 116 valence electrons. The third kappa shape index (κ3) is 2.44. The highest BCUT2D eigenvalue weighted by Crippen LogP contribution is 2.46. The molecule has 7 nitrogen and oxygen atoms in total. The van der Waals surface area contributed by atoms with Gasteiger partial charge in [-0.2, -0.15) is 0 Å². The van der Waals surface area contributed by atoms with Gasteiger partial charge in [-0.05, 0) is 0 Å². The van der Waals surface area contributed by atoms with Crippen LogP contribution in [0.4, 0.5) is 0 Å². The van der Waals surface area contributed by atoms with Crippen LogP contribution in [0, 0.1) is 0 Å². The molecule has 2 rings (SSSR count). The van der Waals surface area contributed by atoms with Gasteiger partial charge in [-0.1, -0.05) is 0 Å². The van der Waals surface area contributed by atoms with Crippen LogP contribution in [0.25, 0.3) is 0 Å². The third-order valence-electron chi connectivity index (χ3n) is 3.32. The SMILES string of the molecule is COCc1c(O)c(COC)c2c(c1OC)C(=O)O[C@@H]2OC. The van der Waals surface area contributed by atoms with Crippen LogP contribution < -0.4 is 4.74 Å². The van der Waals surface area contributed by atoms with Gasteiger partial charge in [0.25, 0.3) is 0 Å². The number of esters is 1. The zero-order chi connectivity index (χ0) is 15.6. The first kappa shape index (κ1) is 15.6. The van der Waals surface area contributed by atoms with E-state index in [0.29, 0.717) is 16.7 Å². The molecule has 0 saturated carbocycles. The summed E-state index contributed by atoms with van der Waals surface area (Å²) in [5.74, 6) is -0.383. The van der Waals surface area contributed by atoms with E-state index in [0.717, 1.165) is 0 Å². The monoisotopic (exact) mass is 298 g/mol. The summed E-state index contributed by atoms with van der Waals surface area (Å²) in [5.41, 5.74) is 1.47. The molecule has 1 aromatic carbocycles. The number of phenolic OH excluding ortho intramolecular Hbond substituents is 1. The van der Waals surface area contributed by atoms with E-state index in [2.05, 4.69) is 0 Å². The molecule has 0 unspecified atom stereocenters. The van der Waals surface area contributed by atoms with Gasteiger partial charge in [-0.15, -0.1) is 0 Å². The summed E-state index contributed by atoms with van der Waals surface area (Å²) in [6.07, 6.45) is -0.894. The Hall–Kier alpha value is -1.83. The number of hydrogen-bond acceptors (Lipinski definition) is 7. The Balaban J connectivity index is 2.77. The van der Waals surface area contributed by atoms with Crippen molar-refractivity contribution in [2.24, 2.45) is 0 Å². The highest BCUT2D eigenvalue weighted by Gasteiger charge is 2.40. The Morgan fingerprint density at radius 3 is 2.24 bits per heavy atom. The summed E-state index contributed by atoms with van der Waals surface area (Å²) in [6.45, 7) is 0.190. The molecule has 0 amide bonds.